The van der Waals surface area contributed by atoms with Crippen LogP contribution >= 0.6 is 22.6 Å². The number of benzene rings is 1. The molecule has 0 radical (unpaired) electrons. The zero-order chi connectivity index (χ0) is 10.3. The van der Waals surface area contributed by atoms with Crippen LogP contribution in [0, 0.1) is 10.5 Å². The third kappa shape index (κ3) is 1.58. The van der Waals surface area contributed by atoms with Crippen LogP contribution in [-0.4, -0.2) is 19.1 Å². The highest BCUT2D eigenvalue weighted by atomic mass is 127. The summed E-state index contributed by atoms with van der Waals surface area (Å²) in [5, 5.41) is 0. The highest BCUT2D eigenvalue weighted by molar-refractivity contribution is 14.1. The fourth-order valence-corrected chi connectivity index (χ4v) is 2.18. The lowest BCUT2D eigenvalue weighted by Crippen LogP contribution is -2.08. The molecular weight excluding hydrogens is 291 g/mol. The number of hydrogen-bond acceptors (Lipinski definition) is 3. The Balaban J connectivity index is 2.70. The lowest BCUT2D eigenvalue weighted by atomic mass is 10.2. The maximum Gasteiger partial charge on any atom is 0.297 e. The van der Waals surface area contributed by atoms with Gasteiger partial charge in [-0.3, -0.25) is 0 Å². The molecule has 0 spiro atoms. The van der Waals surface area contributed by atoms with Gasteiger partial charge in [0.25, 0.3) is 6.01 Å². The van der Waals surface area contributed by atoms with Crippen molar-refractivity contribution in [3.8, 4) is 0 Å². The number of halogens is 1. The van der Waals surface area contributed by atoms with Gasteiger partial charge >= 0.3 is 0 Å². The molecule has 0 unspecified atom stereocenters. The van der Waals surface area contributed by atoms with Gasteiger partial charge in [0.2, 0.25) is 0 Å². The van der Waals surface area contributed by atoms with Crippen LogP contribution in [0.15, 0.2) is 16.5 Å². The van der Waals surface area contributed by atoms with E-state index in [0.29, 0.717) is 6.01 Å². The standard InChI is InChI=1S/C10H11IN2O/c1-6-4-7(11)9-8(5-6)12-10(14-9)13(2)3/h4-5H,1-3H3. The number of anilines is 1. The average Bonchev–Trinajstić information content (AvgIpc) is 2.47. The largest absolute Gasteiger partial charge is 0.422 e. The van der Waals surface area contributed by atoms with Crippen molar-refractivity contribution >= 4 is 39.7 Å². The highest BCUT2D eigenvalue weighted by Crippen LogP contribution is 2.26. The van der Waals surface area contributed by atoms with Crippen LogP contribution in [0.5, 0.6) is 0 Å². The summed E-state index contributed by atoms with van der Waals surface area (Å²) in [6.07, 6.45) is 0. The molecule has 3 nitrogen and oxygen atoms in total. The first-order valence-corrected chi connectivity index (χ1v) is 5.40. The van der Waals surface area contributed by atoms with Gasteiger partial charge in [0.05, 0.1) is 3.57 Å². The second-order valence-electron chi connectivity index (χ2n) is 3.49. The Hall–Kier alpha value is -0.780. The summed E-state index contributed by atoms with van der Waals surface area (Å²) >= 11 is 2.27. The molecule has 0 N–H and O–H groups in total. The molecule has 0 fully saturated rings. The maximum absolute atomic E-state index is 5.62. The summed E-state index contributed by atoms with van der Waals surface area (Å²) in [5.74, 6) is 0. The normalized spacial score (nSPS) is 10.9. The fraction of sp³-hybridized carbons (Fsp3) is 0.300. The third-order valence-corrected chi connectivity index (χ3v) is 2.76. The Bertz CT molecular complexity index is 476. The van der Waals surface area contributed by atoms with Gasteiger partial charge < -0.3 is 9.32 Å². The first-order chi connectivity index (χ1) is 6.58. The van der Waals surface area contributed by atoms with Crippen LogP contribution in [-0.2, 0) is 0 Å². The molecule has 0 bridgehead atoms. The molecule has 74 valence electrons. The number of aryl methyl sites for hydroxylation is 1. The van der Waals surface area contributed by atoms with Gasteiger partial charge in [-0.05, 0) is 47.2 Å². The summed E-state index contributed by atoms with van der Waals surface area (Å²) in [6.45, 7) is 2.06. The molecule has 0 aliphatic carbocycles. The van der Waals surface area contributed by atoms with Crippen molar-refractivity contribution in [1.82, 2.24) is 4.98 Å². The molecule has 0 saturated heterocycles. The number of rotatable bonds is 1. The first kappa shape index (κ1) is 9.76. The number of oxazole rings is 1. The summed E-state index contributed by atoms with van der Waals surface area (Å²) in [4.78, 5) is 6.25. The van der Waals surface area contributed by atoms with E-state index in [4.69, 9.17) is 4.42 Å². The van der Waals surface area contributed by atoms with Crippen LogP contribution in [0.2, 0.25) is 0 Å². The smallest absolute Gasteiger partial charge is 0.297 e. The van der Waals surface area contributed by atoms with Gasteiger partial charge in [-0.25, -0.2) is 0 Å². The Morgan fingerprint density at radius 1 is 1.36 bits per heavy atom. The third-order valence-electron chi connectivity index (χ3n) is 1.96. The van der Waals surface area contributed by atoms with E-state index in [1.54, 1.807) is 0 Å². The second kappa shape index (κ2) is 3.42. The summed E-state index contributed by atoms with van der Waals surface area (Å²) in [7, 11) is 3.84. The van der Waals surface area contributed by atoms with E-state index in [0.717, 1.165) is 14.7 Å². The lowest BCUT2D eigenvalue weighted by molar-refractivity contribution is 0.595. The summed E-state index contributed by atoms with van der Waals surface area (Å²) in [5.41, 5.74) is 3.01. The molecule has 2 rings (SSSR count). The van der Waals surface area contributed by atoms with E-state index < -0.39 is 0 Å². The molecule has 0 aliphatic heterocycles. The van der Waals surface area contributed by atoms with Crippen molar-refractivity contribution in [1.29, 1.82) is 0 Å². The van der Waals surface area contributed by atoms with Crippen molar-refractivity contribution in [2.45, 2.75) is 6.92 Å². The van der Waals surface area contributed by atoms with Crippen molar-refractivity contribution in [3.05, 3.63) is 21.3 Å². The Morgan fingerprint density at radius 2 is 2.07 bits per heavy atom. The molecular formula is C10H11IN2O. The zero-order valence-corrected chi connectivity index (χ0v) is 10.5. The number of aromatic nitrogens is 1. The van der Waals surface area contributed by atoms with Crippen molar-refractivity contribution in [3.63, 3.8) is 0 Å². The van der Waals surface area contributed by atoms with Gasteiger partial charge in [0.15, 0.2) is 5.58 Å². The van der Waals surface area contributed by atoms with Crippen molar-refractivity contribution in [2.75, 3.05) is 19.0 Å². The molecule has 14 heavy (non-hydrogen) atoms. The topological polar surface area (TPSA) is 29.3 Å². The molecule has 2 aromatic rings. The van der Waals surface area contributed by atoms with Gasteiger partial charge in [0, 0.05) is 14.1 Å². The highest BCUT2D eigenvalue weighted by Gasteiger charge is 2.10. The molecule has 1 heterocycles. The van der Waals surface area contributed by atoms with Gasteiger partial charge in [-0.15, -0.1) is 0 Å². The summed E-state index contributed by atoms with van der Waals surface area (Å²) < 4.78 is 6.73. The summed E-state index contributed by atoms with van der Waals surface area (Å²) in [6, 6.07) is 4.78. The van der Waals surface area contributed by atoms with Crippen molar-refractivity contribution < 1.29 is 4.42 Å². The minimum Gasteiger partial charge on any atom is -0.422 e. The Labute approximate surface area is 96.2 Å². The molecule has 0 saturated carbocycles. The van der Waals surface area contributed by atoms with E-state index in [2.05, 4.69) is 40.6 Å². The molecule has 1 aromatic heterocycles. The minimum absolute atomic E-state index is 0.656. The SMILES string of the molecule is Cc1cc(I)c2oc(N(C)C)nc2c1. The Morgan fingerprint density at radius 3 is 2.71 bits per heavy atom. The predicted octanol–water partition coefficient (Wildman–Crippen LogP) is 2.81. The second-order valence-corrected chi connectivity index (χ2v) is 4.65. The minimum atomic E-state index is 0.656. The van der Waals surface area contributed by atoms with E-state index >= 15 is 0 Å². The van der Waals surface area contributed by atoms with Crippen LogP contribution < -0.4 is 4.90 Å². The molecule has 0 amide bonds. The number of nitrogens with zero attached hydrogens (tertiary/aromatic N) is 2. The van der Waals surface area contributed by atoms with Gasteiger partial charge in [0.1, 0.15) is 5.52 Å². The number of hydrogen-bond donors (Lipinski definition) is 0. The van der Waals surface area contributed by atoms with Crippen LogP contribution in [0.1, 0.15) is 5.56 Å². The van der Waals surface area contributed by atoms with E-state index in [1.165, 1.54) is 5.56 Å². The predicted molar refractivity (Wildman–Crippen MR) is 65.8 cm³/mol. The fourth-order valence-electron chi connectivity index (χ4n) is 1.30. The van der Waals surface area contributed by atoms with Gasteiger partial charge in [-0.1, -0.05) is 0 Å². The van der Waals surface area contributed by atoms with E-state index in [-0.39, 0.29) is 0 Å². The van der Waals surface area contributed by atoms with Crippen LogP contribution in [0.3, 0.4) is 0 Å². The van der Waals surface area contributed by atoms with E-state index in [9.17, 15) is 0 Å². The van der Waals surface area contributed by atoms with Crippen LogP contribution in [0.4, 0.5) is 6.01 Å². The molecule has 1 aromatic carbocycles. The zero-order valence-electron chi connectivity index (χ0n) is 8.34. The van der Waals surface area contributed by atoms with Crippen molar-refractivity contribution in [2.24, 2.45) is 0 Å². The first-order valence-electron chi connectivity index (χ1n) is 4.32. The molecule has 4 heteroatoms. The maximum atomic E-state index is 5.62. The van der Waals surface area contributed by atoms with Crippen LogP contribution in [0.25, 0.3) is 11.1 Å². The van der Waals surface area contributed by atoms with Gasteiger partial charge in [-0.2, -0.15) is 4.98 Å². The Kier molecular flexibility index (Phi) is 2.38. The average molecular weight is 302 g/mol. The quantitative estimate of drug-likeness (QED) is 0.759. The lowest BCUT2D eigenvalue weighted by Gasteiger charge is -2.03. The molecule has 0 aliphatic rings. The monoisotopic (exact) mass is 302 g/mol. The number of fused-ring (bicyclic) bond motifs is 1. The van der Waals surface area contributed by atoms with E-state index in [1.807, 2.05) is 25.1 Å². The molecule has 0 atom stereocenters.